The minimum atomic E-state index is -1.26. The molecule has 2 N–H and O–H groups in total. The van der Waals surface area contributed by atoms with Crippen LogP contribution >= 0.6 is 34.5 Å². The van der Waals surface area contributed by atoms with E-state index in [1.54, 1.807) is 31.2 Å². The second-order valence-electron chi connectivity index (χ2n) is 9.39. The van der Waals surface area contributed by atoms with E-state index in [4.69, 9.17) is 27.9 Å². The smallest absolute Gasteiger partial charge is 0.544 e. The molecule has 6 rings (SSSR count). The predicted octanol–water partition coefficient (Wildman–Crippen LogP) is 1.78. The van der Waals surface area contributed by atoms with E-state index in [0.717, 1.165) is 11.3 Å². The minimum absolute atomic E-state index is 0. The summed E-state index contributed by atoms with van der Waals surface area (Å²) < 4.78 is 5.83. The Morgan fingerprint density at radius 1 is 1.05 bits per heavy atom. The molecular formula is C27H21Cl2LiN4O4S. The number of carboxylic acid groups (broad SMARTS) is 1. The van der Waals surface area contributed by atoms with Crippen LogP contribution in [0.3, 0.4) is 0 Å². The molecule has 0 unspecified atom stereocenters. The number of amides is 1. The number of thiazole rings is 1. The van der Waals surface area contributed by atoms with E-state index in [1.807, 2.05) is 30.3 Å². The van der Waals surface area contributed by atoms with Crippen LogP contribution in [-0.2, 0) is 0 Å². The van der Waals surface area contributed by atoms with E-state index < -0.39 is 5.97 Å². The van der Waals surface area contributed by atoms with Gasteiger partial charge >= 0.3 is 18.9 Å². The Labute approximate surface area is 250 Å². The Balaban J connectivity index is 0.00000308. The maximum Gasteiger partial charge on any atom is 1.00 e. The van der Waals surface area contributed by atoms with Crippen LogP contribution in [0, 0.1) is 18.8 Å². The van der Waals surface area contributed by atoms with Crippen molar-refractivity contribution in [1.29, 1.82) is 0 Å². The number of carbonyl (C=O) groups excluding carboxylic acids is 2. The van der Waals surface area contributed by atoms with Crippen molar-refractivity contribution in [3.8, 4) is 22.8 Å². The maximum atomic E-state index is 12.7. The number of nitrogens with one attached hydrogen (secondary N) is 2. The van der Waals surface area contributed by atoms with Crippen LogP contribution in [0.25, 0.3) is 11.3 Å². The van der Waals surface area contributed by atoms with Crippen molar-refractivity contribution in [2.45, 2.75) is 13.0 Å². The molecule has 2 aromatic heterocycles. The number of aromatic amines is 1. The van der Waals surface area contributed by atoms with E-state index in [2.05, 4.69) is 20.2 Å². The molecular weight excluding hydrogens is 554 g/mol. The molecule has 8 nitrogen and oxygen atoms in total. The van der Waals surface area contributed by atoms with Gasteiger partial charge in [0, 0.05) is 42.2 Å². The number of hydrogen-bond donors (Lipinski definition) is 2. The molecule has 1 saturated heterocycles. The van der Waals surface area contributed by atoms with Crippen LogP contribution in [0.4, 0.5) is 5.13 Å². The van der Waals surface area contributed by atoms with Gasteiger partial charge in [0.2, 0.25) is 0 Å². The van der Waals surface area contributed by atoms with E-state index in [0.29, 0.717) is 51.7 Å². The number of H-pyrrole nitrogens is 1. The minimum Gasteiger partial charge on any atom is -0.544 e. The molecule has 0 radical (unpaired) electrons. The van der Waals surface area contributed by atoms with E-state index in [-0.39, 0.29) is 58.2 Å². The molecule has 4 aromatic rings. The quantitative estimate of drug-likeness (QED) is 0.326. The number of aromatic carboxylic acids is 1. The fourth-order valence-corrected chi connectivity index (χ4v) is 6.29. The molecule has 12 heteroatoms. The molecule has 1 aliphatic heterocycles. The first kappa shape index (κ1) is 27.6. The molecule has 39 heavy (non-hydrogen) atoms. The van der Waals surface area contributed by atoms with Gasteiger partial charge in [-0.2, -0.15) is 0 Å². The molecule has 1 saturated carbocycles. The molecule has 1 aliphatic carbocycles. The molecule has 2 aliphatic rings. The largest absolute Gasteiger partial charge is 1.00 e. The first-order valence-corrected chi connectivity index (χ1v) is 13.5. The fraction of sp³-hybridized carbons (Fsp3) is 0.222. The van der Waals surface area contributed by atoms with Crippen LogP contribution in [0.2, 0.25) is 10.0 Å². The average molecular weight is 575 g/mol. The number of ether oxygens (including phenoxy) is 1. The molecule has 1 amide bonds. The van der Waals surface area contributed by atoms with Crippen molar-refractivity contribution in [3.63, 3.8) is 0 Å². The number of aryl methyl sites for hydroxylation is 1. The van der Waals surface area contributed by atoms with Crippen molar-refractivity contribution in [1.82, 2.24) is 15.3 Å². The first-order valence-electron chi connectivity index (χ1n) is 11.9. The summed E-state index contributed by atoms with van der Waals surface area (Å²) in [5, 5.41) is 16.1. The fourth-order valence-electron chi connectivity index (χ4n) is 4.93. The van der Waals surface area contributed by atoms with Gasteiger partial charge in [0.25, 0.3) is 5.91 Å². The summed E-state index contributed by atoms with van der Waals surface area (Å²) in [6.07, 6.45) is 0. The van der Waals surface area contributed by atoms with Crippen molar-refractivity contribution in [3.05, 3.63) is 80.9 Å². The van der Waals surface area contributed by atoms with Crippen LogP contribution in [-0.4, -0.2) is 41.0 Å². The number of anilines is 1. The number of nitrogens with zero attached hydrogens (tertiary/aromatic N) is 2. The van der Waals surface area contributed by atoms with Gasteiger partial charge in [0.1, 0.15) is 17.2 Å². The summed E-state index contributed by atoms with van der Waals surface area (Å²) in [4.78, 5) is 34.3. The average Bonchev–Trinajstić information content (AvgIpc) is 3.29. The van der Waals surface area contributed by atoms with Gasteiger partial charge in [0.15, 0.2) is 5.13 Å². The number of rotatable bonds is 7. The maximum absolute atomic E-state index is 12.7. The Morgan fingerprint density at radius 2 is 1.69 bits per heavy atom. The van der Waals surface area contributed by atoms with Gasteiger partial charge in [-0.05, 0) is 43.3 Å². The second kappa shape index (κ2) is 10.9. The van der Waals surface area contributed by atoms with Crippen LogP contribution < -0.4 is 38.9 Å². The zero-order valence-corrected chi connectivity index (χ0v) is 23.4. The Bertz CT molecular complexity index is 1530. The number of carbonyl (C=O) groups is 2. The number of halogens is 2. The van der Waals surface area contributed by atoms with Gasteiger partial charge in [0.05, 0.1) is 26.6 Å². The molecule has 3 heterocycles. The third-order valence-electron chi connectivity index (χ3n) is 6.95. The third kappa shape index (κ3) is 5.30. The van der Waals surface area contributed by atoms with Crippen LogP contribution in [0.1, 0.15) is 25.9 Å². The van der Waals surface area contributed by atoms with Crippen LogP contribution in [0.5, 0.6) is 11.5 Å². The molecule has 194 valence electrons. The number of piperidine rings is 1. The first-order chi connectivity index (χ1) is 18.3. The number of benzene rings is 2. The van der Waals surface area contributed by atoms with E-state index in [9.17, 15) is 14.7 Å². The third-order valence-corrected chi connectivity index (χ3v) is 8.99. The second-order valence-corrected chi connectivity index (χ2v) is 11.1. The SMILES string of the molecule is Cc1[nH]c(C(=O)N[C@@H]2[C@@H]3CN(c4nc(-c5ccc(Oc6ccccc6)cc5)c(C(=O)[O-])s4)C[C@@H]32)c(Cl)c1Cl.[Li+]. The van der Waals surface area contributed by atoms with Gasteiger partial charge in [-0.1, -0.05) is 52.7 Å². The van der Waals surface area contributed by atoms with Gasteiger partial charge < -0.3 is 29.8 Å². The van der Waals surface area contributed by atoms with E-state index >= 15 is 0 Å². The summed E-state index contributed by atoms with van der Waals surface area (Å²) in [6, 6.07) is 16.6. The Morgan fingerprint density at radius 3 is 2.28 bits per heavy atom. The molecule has 2 aromatic carbocycles. The van der Waals surface area contributed by atoms with Crippen molar-refractivity contribution in [2.75, 3.05) is 18.0 Å². The van der Waals surface area contributed by atoms with Crippen molar-refractivity contribution in [2.24, 2.45) is 11.8 Å². The van der Waals surface area contributed by atoms with Crippen molar-refractivity contribution >= 4 is 51.5 Å². The van der Waals surface area contributed by atoms with Gasteiger partial charge in [-0.15, -0.1) is 0 Å². The number of para-hydroxylation sites is 1. The zero-order chi connectivity index (χ0) is 26.6. The summed E-state index contributed by atoms with van der Waals surface area (Å²) in [5.74, 6) is 0.292. The summed E-state index contributed by atoms with van der Waals surface area (Å²) >= 11 is 13.4. The normalized spacial score (nSPS) is 19.3. The zero-order valence-electron chi connectivity index (χ0n) is 21.0. The molecule has 2 fully saturated rings. The monoisotopic (exact) mass is 574 g/mol. The molecule has 3 atom stereocenters. The molecule has 0 spiro atoms. The molecule has 0 bridgehead atoms. The van der Waals surface area contributed by atoms with Gasteiger partial charge in [-0.25, -0.2) is 4.98 Å². The number of fused-ring (bicyclic) bond motifs is 1. The standard InChI is InChI=1S/C27H22Cl2N4O4S.Li/c1-13-19(28)20(29)23(30-13)25(34)31-22-17-11-33(12-18(17)22)27-32-21(24(38-27)26(35)36)14-7-9-16(10-8-14)37-15-5-3-2-4-6-15;/h2-10,17-18,22,30H,11-12H2,1H3,(H,31,34)(H,35,36);/q;+1/p-1/t17-,18+,22-;. The van der Waals surface area contributed by atoms with Crippen molar-refractivity contribution < 1.29 is 38.3 Å². The van der Waals surface area contributed by atoms with E-state index in [1.165, 1.54) is 0 Å². The summed E-state index contributed by atoms with van der Waals surface area (Å²) in [6.45, 7) is 3.08. The number of hydrogen-bond acceptors (Lipinski definition) is 7. The summed E-state index contributed by atoms with van der Waals surface area (Å²) in [5.41, 5.74) is 1.94. The number of carboxylic acids is 1. The number of aromatic nitrogens is 2. The Kier molecular flexibility index (Phi) is 7.73. The summed E-state index contributed by atoms with van der Waals surface area (Å²) in [7, 11) is 0. The Hall–Kier alpha value is -2.93. The topological polar surface area (TPSA) is 110 Å². The van der Waals surface area contributed by atoms with Gasteiger partial charge in [-0.3, -0.25) is 4.79 Å². The van der Waals surface area contributed by atoms with Crippen LogP contribution in [0.15, 0.2) is 54.6 Å². The predicted molar refractivity (Wildman–Crippen MR) is 144 cm³/mol.